The van der Waals surface area contributed by atoms with Gasteiger partial charge in [-0.25, -0.2) is 0 Å². The summed E-state index contributed by atoms with van der Waals surface area (Å²) >= 11 is 6.62. The number of ketones is 1. The first-order valence-corrected chi connectivity index (χ1v) is 10.8. The van der Waals surface area contributed by atoms with Crippen LogP contribution in [0.3, 0.4) is 0 Å². The van der Waals surface area contributed by atoms with Gasteiger partial charge in [0.15, 0.2) is 0 Å². The molecule has 130 valence electrons. The number of thiocarbonyl (C=S) groups is 1. The first-order valence-electron chi connectivity index (χ1n) is 7.70. The van der Waals surface area contributed by atoms with Gasteiger partial charge in [-0.15, -0.1) is 0 Å². The molecule has 0 aliphatic heterocycles. The van der Waals surface area contributed by atoms with E-state index in [0.29, 0.717) is 43.7 Å². The normalized spacial score (nSPS) is 13.0. The van der Waals surface area contributed by atoms with Crippen molar-refractivity contribution in [3.8, 4) is 0 Å². The molecule has 0 spiro atoms. The van der Waals surface area contributed by atoms with Gasteiger partial charge in [-0.2, -0.15) is 0 Å². The minimum absolute atomic E-state index is 0.125. The minimum atomic E-state index is -2.94. The molecule has 0 aromatic rings. The zero-order valence-electron chi connectivity index (χ0n) is 14.2. The van der Waals surface area contributed by atoms with E-state index >= 15 is 0 Å². The molecule has 5 nitrogen and oxygen atoms in total. The van der Waals surface area contributed by atoms with Crippen LogP contribution in [0.5, 0.6) is 0 Å². The number of thioether (sulfide) groups is 1. The summed E-state index contributed by atoms with van der Waals surface area (Å²) in [6.45, 7) is 11.2. The SMILES string of the molecule is CCOC(=S)SC(CCC(C)=O)[Si](OCC)(OCC)OCC. The van der Waals surface area contributed by atoms with Crippen molar-refractivity contribution in [2.75, 3.05) is 26.4 Å². The second kappa shape index (κ2) is 12.4. The van der Waals surface area contributed by atoms with Crippen LogP contribution in [0.1, 0.15) is 47.5 Å². The molecule has 0 saturated heterocycles. The van der Waals surface area contributed by atoms with E-state index in [9.17, 15) is 4.79 Å². The van der Waals surface area contributed by atoms with Crippen LogP contribution in [0.4, 0.5) is 0 Å². The molecule has 0 rings (SSSR count). The summed E-state index contributed by atoms with van der Waals surface area (Å²) in [5, 5.41) is 0. The van der Waals surface area contributed by atoms with Gasteiger partial charge < -0.3 is 22.8 Å². The second-order valence-corrected chi connectivity index (χ2v) is 9.43. The number of rotatable bonds is 12. The van der Waals surface area contributed by atoms with E-state index in [-0.39, 0.29) is 10.7 Å². The molecule has 1 unspecified atom stereocenters. The Bertz CT molecular complexity index is 324. The van der Waals surface area contributed by atoms with Crippen molar-refractivity contribution in [3.05, 3.63) is 0 Å². The van der Waals surface area contributed by atoms with E-state index in [4.69, 9.17) is 30.2 Å². The highest BCUT2D eigenvalue weighted by atomic mass is 32.2. The monoisotopic (exact) mass is 368 g/mol. The molecule has 0 bridgehead atoms. The van der Waals surface area contributed by atoms with Gasteiger partial charge in [0.2, 0.25) is 4.38 Å². The second-order valence-electron chi connectivity index (χ2n) is 4.43. The van der Waals surface area contributed by atoms with Gasteiger partial charge >= 0.3 is 8.80 Å². The maximum Gasteiger partial charge on any atom is 0.515 e. The number of Topliss-reactive ketones (excluding diaryl/α,β-unsaturated/α-hetero) is 1. The third kappa shape index (κ3) is 8.03. The van der Waals surface area contributed by atoms with Crippen LogP contribution in [-0.4, -0.2) is 50.3 Å². The van der Waals surface area contributed by atoms with E-state index in [2.05, 4.69) is 0 Å². The largest absolute Gasteiger partial charge is 0.515 e. The number of hydrogen-bond donors (Lipinski definition) is 0. The fourth-order valence-corrected chi connectivity index (χ4v) is 7.32. The Labute approximate surface area is 144 Å². The average molecular weight is 369 g/mol. The lowest BCUT2D eigenvalue weighted by Crippen LogP contribution is -2.55. The summed E-state index contributed by atoms with van der Waals surface area (Å²) in [7, 11) is -2.94. The Morgan fingerprint density at radius 2 is 1.55 bits per heavy atom. The minimum Gasteiger partial charge on any atom is -0.479 e. The lowest BCUT2D eigenvalue weighted by molar-refractivity contribution is -0.117. The maximum absolute atomic E-state index is 11.4. The van der Waals surface area contributed by atoms with Crippen LogP contribution in [0.15, 0.2) is 0 Å². The van der Waals surface area contributed by atoms with Gasteiger partial charge in [-0.1, -0.05) is 11.8 Å². The van der Waals surface area contributed by atoms with Gasteiger partial charge in [0.1, 0.15) is 5.78 Å². The Kier molecular flexibility index (Phi) is 12.4. The number of carbonyl (C=O) groups excluding carboxylic acids is 1. The molecule has 0 fully saturated rings. The van der Waals surface area contributed by atoms with E-state index in [1.807, 2.05) is 27.7 Å². The fourth-order valence-electron chi connectivity index (χ4n) is 1.92. The Balaban J connectivity index is 5.28. The van der Waals surface area contributed by atoms with Gasteiger partial charge in [0.05, 0.1) is 11.5 Å². The average Bonchev–Trinajstić information content (AvgIpc) is 2.44. The van der Waals surface area contributed by atoms with Gasteiger partial charge in [0.25, 0.3) is 0 Å². The van der Waals surface area contributed by atoms with Crippen LogP contribution < -0.4 is 0 Å². The highest BCUT2D eigenvalue weighted by Gasteiger charge is 2.50. The zero-order chi connectivity index (χ0) is 17.0. The van der Waals surface area contributed by atoms with Crippen LogP contribution in [0.25, 0.3) is 0 Å². The third-order valence-electron chi connectivity index (χ3n) is 2.69. The number of ether oxygens (including phenoxy) is 1. The quantitative estimate of drug-likeness (QED) is 0.387. The molecule has 0 saturated carbocycles. The van der Waals surface area contributed by atoms with E-state index < -0.39 is 8.80 Å². The highest BCUT2D eigenvalue weighted by molar-refractivity contribution is 8.23. The molecule has 0 aromatic heterocycles. The van der Waals surface area contributed by atoms with Crippen molar-refractivity contribution in [3.63, 3.8) is 0 Å². The summed E-state index contributed by atoms with van der Waals surface area (Å²) in [6, 6.07) is 0. The summed E-state index contributed by atoms with van der Waals surface area (Å²) in [6.07, 6.45) is 1.04. The zero-order valence-corrected chi connectivity index (χ0v) is 16.8. The summed E-state index contributed by atoms with van der Waals surface area (Å²) < 4.78 is 23.6. The molecule has 0 aromatic carbocycles. The first-order chi connectivity index (χ1) is 10.5. The number of carbonyl (C=O) groups is 1. The van der Waals surface area contributed by atoms with Crippen molar-refractivity contribution in [2.45, 2.75) is 52.3 Å². The molecular formula is C14H28O5S2Si. The first kappa shape index (κ1) is 22.0. The van der Waals surface area contributed by atoms with Crippen molar-refractivity contribution in [1.29, 1.82) is 0 Å². The van der Waals surface area contributed by atoms with Crippen LogP contribution in [0.2, 0.25) is 0 Å². The number of hydrogen-bond acceptors (Lipinski definition) is 7. The molecule has 0 aliphatic carbocycles. The van der Waals surface area contributed by atoms with Crippen molar-refractivity contribution < 1.29 is 22.8 Å². The van der Waals surface area contributed by atoms with Crippen molar-refractivity contribution >= 4 is 43.0 Å². The highest BCUT2D eigenvalue weighted by Crippen LogP contribution is 2.31. The summed E-state index contributed by atoms with van der Waals surface area (Å²) in [4.78, 5) is 11.2. The Morgan fingerprint density at radius 3 is 1.91 bits per heavy atom. The molecule has 0 amide bonds. The predicted octanol–water partition coefficient (Wildman–Crippen LogP) is 3.37. The molecule has 1 atom stereocenters. The Hall–Kier alpha value is 0.00688. The molecule has 8 heteroatoms. The molecule has 0 heterocycles. The van der Waals surface area contributed by atoms with Crippen molar-refractivity contribution in [1.82, 2.24) is 0 Å². The molecule has 0 N–H and O–H groups in total. The molecule has 0 aliphatic rings. The van der Waals surface area contributed by atoms with E-state index in [0.717, 1.165) is 0 Å². The lowest BCUT2D eigenvalue weighted by atomic mass is 10.2. The summed E-state index contributed by atoms with van der Waals surface area (Å²) in [5.41, 5.74) is 0. The Morgan fingerprint density at radius 1 is 1.05 bits per heavy atom. The van der Waals surface area contributed by atoms with Crippen LogP contribution in [0, 0.1) is 0 Å². The molecule has 22 heavy (non-hydrogen) atoms. The summed E-state index contributed by atoms with van der Waals surface area (Å²) in [5.74, 6) is 0.125. The molecular weight excluding hydrogens is 340 g/mol. The standard InChI is InChI=1S/C14H28O5S2Si/c1-6-16-14(20)21-13(11-10-12(5)15)22(17-7-2,18-8-3)19-9-4/h13H,6-11H2,1-5H3. The maximum atomic E-state index is 11.4. The lowest BCUT2D eigenvalue weighted by Gasteiger charge is -2.34. The van der Waals surface area contributed by atoms with E-state index in [1.54, 1.807) is 6.92 Å². The van der Waals surface area contributed by atoms with Crippen molar-refractivity contribution in [2.24, 2.45) is 0 Å². The van der Waals surface area contributed by atoms with Gasteiger partial charge in [-0.05, 0) is 53.3 Å². The molecule has 0 radical (unpaired) electrons. The topological polar surface area (TPSA) is 54.0 Å². The van der Waals surface area contributed by atoms with Gasteiger partial charge in [0, 0.05) is 26.2 Å². The van der Waals surface area contributed by atoms with Crippen LogP contribution >= 0.6 is 24.0 Å². The predicted molar refractivity (Wildman–Crippen MR) is 96.2 cm³/mol. The van der Waals surface area contributed by atoms with Crippen LogP contribution in [-0.2, 0) is 22.8 Å². The fraction of sp³-hybridized carbons (Fsp3) is 0.857. The third-order valence-corrected chi connectivity index (χ3v) is 8.30. The van der Waals surface area contributed by atoms with Gasteiger partial charge in [-0.3, -0.25) is 0 Å². The smallest absolute Gasteiger partial charge is 0.479 e. The van der Waals surface area contributed by atoms with E-state index in [1.165, 1.54) is 11.8 Å².